The molecule has 0 aliphatic heterocycles. The van der Waals surface area contributed by atoms with Crippen molar-refractivity contribution in [2.24, 2.45) is 0 Å². The van der Waals surface area contributed by atoms with Gasteiger partial charge in [0, 0.05) is 30.6 Å². The summed E-state index contributed by atoms with van der Waals surface area (Å²) < 4.78 is 40.2. The number of carbonyl (C=O) groups excluding carboxylic acids is 2. The Balaban J connectivity index is 1.83. The Hall–Kier alpha value is -4.54. The average Bonchev–Trinajstić information content (AvgIpc) is 3.08. The topological polar surface area (TPSA) is 105 Å². The summed E-state index contributed by atoms with van der Waals surface area (Å²) in [5.74, 6) is -0.239. The van der Waals surface area contributed by atoms with Crippen LogP contribution in [0.1, 0.15) is 24.5 Å². The molecule has 0 saturated carbocycles. The Labute approximate surface area is 275 Å². The van der Waals surface area contributed by atoms with Gasteiger partial charge in [-0.1, -0.05) is 79.2 Å². The SMILES string of the molecule is CCCNC(=O)C(Cc1ccccc1)N(Cc1cccc(Cl)c1)C(=O)CN(c1ccc(OC)c(OC)c1)S(=O)(=O)c1ccccc1. The fourth-order valence-corrected chi connectivity index (χ4v) is 6.62. The third-order valence-electron chi connectivity index (χ3n) is 7.33. The third-order valence-corrected chi connectivity index (χ3v) is 9.35. The maximum atomic E-state index is 14.5. The van der Waals surface area contributed by atoms with Gasteiger partial charge < -0.3 is 19.7 Å². The van der Waals surface area contributed by atoms with E-state index in [0.717, 1.165) is 9.87 Å². The van der Waals surface area contributed by atoms with E-state index in [9.17, 15) is 18.0 Å². The molecule has 2 amide bonds. The summed E-state index contributed by atoms with van der Waals surface area (Å²) >= 11 is 6.30. The number of halogens is 1. The zero-order chi connectivity index (χ0) is 33.1. The minimum Gasteiger partial charge on any atom is -0.493 e. The van der Waals surface area contributed by atoms with Gasteiger partial charge in [0.1, 0.15) is 12.6 Å². The van der Waals surface area contributed by atoms with Crippen LogP contribution in [0.4, 0.5) is 5.69 Å². The highest BCUT2D eigenvalue weighted by atomic mass is 35.5. The molecular weight excluding hydrogens is 626 g/mol. The van der Waals surface area contributed by atoms with Crippen molar-refractivity contribution >= 4 is 39.1 Å². The van der Waals surface area contributed by atoms with Gasteiger partial charge in [-0.05, 0) is 53.9 Å². The molecule has 242 valence electrons. The first-order valence-corrected chi connectivity index (χ1v) is 16.6. The van der Waals surface area contributed by atoms with Crippen LogP contribution < -0.4 is 19.1 Å². The Kier molecular flexibility index (Phi) is 12.1. The molecule has 0 aliphatic rings. The molecule has 0 bridgehead atoms. The van der Waals surface area contributed by atoms with E-state index in [1.165, 1.54) is 37.3 Å². The van der Waals surface area contributed by atoms with Gasteiger partial charge in [-0.3, -0.25) is 13.9 Å². The first kappa shape index (κ1) is 34.3. The Bertz CT molecular complexity index is 1720. The highest BCUT2D eigenvalue weighted by Crippen LogP contribution is 2.34. The summed E-state index contributed by atoms with van der Waals surface area (Å²) in [6.07, 6.45) is 0.916. The number of nitrogens with one attached hydrogen (secondary N) is 1. The third kappa shape index (κ3) is 8.58. The fraction of sp³-hybridized carbons (Fsp3) is 0.257. The van der Waals surface area contributed by atoms with Gasteiger partial charge in [0.05, 0.1) is 24.8 Å². The maximum Gasteiger partial charge on any atom is 0.264 e. The minimum absolute atomic E-state index is 0.000463. The van der Waals surface area contributed by atoms with Crippen molar-refractivity contribution in [2.45, 2.75) is 37.2 Å². The van der Waals surface area contributed by atoms with Crippen LogP contribution in [-0.2, 0) is 32.6 Å². The minimum atomic E-state index is -4.26. The predicted molar refractivity (Wildman–Crippen MR) is 180 cm³/mol. The molecule has 1 N–H and O–H groups in total. The number of hydrogen-bond donors (Lipinski definition) is 1. The van der Waals surface area contributed by atoms with E-state index in [-0.39, 0.29) is 35.2 Å². The van der Waals surface area contributed by atoms with Crippen LogP contribution in [-0.4, -0.2) is 58.5 Å². The van der Waals surface area contributed by atoms with Gasteiger partial charge in [0.25, 0.3) is 10.0 Å². The lowest BCUT2D eigenvalue weighted by Gasteiger charge is -2.34. The normalized spacial score (nSPS) is 11.7. The van der Waals surface area contributed by atoms with Crippen LogP contribution in [0.15, 0.2) is 108 Å². The van der Waals surface area contributed by atoms with Gasteiger partial charge in [-0.25, -0.2) is 8.42 Å². The number of ether oxygens (including phenoxy) is 2. The molecule has 9 nitrogen and oxygen atoms in total. The lowest BCUT2D eigenvalue weighted by molar-refractivity contribution is -0.140. The Morgan fingerprint density at radius 2 is 1.48 bits per heavy atom. The zero-order valence-corrected chi connectivity index (χ0v) is 27.6. The second-order valence-electron chi connectivity index (χ2n) is 10.5. The van der Waals surface area contributed by atoms with E-state index in [1.807, 2.05) is 43.3 Å². The molecule has 11 heteroatoms. The standard InChI is InChI=1S/C35H38ClN3O6S/c1-4-20-37-35(41)31(22-26-12-7-5-8-13-26)38(24-27-14-11-15-28(36)21-27)34(40)25-39(46(42,43)30-16-9-6-10-17-30)29-18-19-32(44-2)33(23-29)45-3/h5-19,21,23,31H,4,20,22,24-25H2,1-3H3,(H,37,41). The number of carbonyl (C=O) groups is 2. The molecule has 0 saturated heterocycles. The van der Waals surface area contributed by atoms with Crippen LogP contribution in [0.2, 0.25) is 5.02 Å². The maximum absolute atomic E-state index is 14.5. The van der Waals surface area contributed by atoms with Gasteiger partial charge in [0.15, 0.2) is 11.5 Å². The van der Waals surface area contributed by atoms with Gasteiger partial charge in [-0.15, -0.1) is 0 Å². The molecule has 0 radical (unpaired) electrons. The van der Waals surface area contributed by atoms with E-state index >= 15 is 0 Å². The second-order valence-corrected chi connectivity index (χ2v) is 12.8. The zero-order valence-electron chi connectivity index (χ0n) is 26.1. The summed E-state index contributed by atoms with van der Waals surface area (Å²) in [4.78, 5) is 29.7. The lowest BCUT2D eigenvalue weighted by atomic mass is 10.0. The van der Waals surface area contributed by atoms with Crippen LogP contribution in [0, 0.1) is 0 Å². The average molecular weight is 664 g/mol. The molecule has 1 atom stereocenters. The first-order chi connectivity index (χ1) is 22.2. The van der Waals surface area contributed by atoms with E-state index in [0.29, 0.717) is 29.3 Å². The molecule has 4 aromatic carbocycles. The van der Waals surface area contributed by atoms with E-state index in [1.54, 1.807) is 48.5 Å². The molecule has 46 heavy (non-hydrogen) atoms. The molecule has 1 unspecified atom stereocenters. The van der Waals surface area contributed by atoms with Crippen molar-refractivity contribution in [3.63, 3.8) is 0 Å². The molecule has 0 heterocycles. The monoisotopic (exact) mass is 663 g/mol. The van der Waals surface area contributed by atoms with Crippen LogP contribution in [0.25, 0.3) is 0 Å². The van der Waals surface area contributed by atoms with Crippen molar-refractivity contribution in [1.29, 1.82) is 0 Å². The molecule has 0 fully saturated rings. The quantitative estimate of drug-likeness (QED) is 0.175. The largest absolute Gasteiger partial charge is 0.493 e. The van der Waals surface area contributed by atoms with E-state index in [4.69, 9.17) is 21.1 Å². The summed E-state index contributed by atoms with van der Waals surface area (Å²) in [6.45, 7) is 1.78. The summed E-state index contributed by atoms with van der Waals surface area (Å²) in [7, 11) is -1.34. The molecule has 0 aromatic heterocycles. The molecule has 4 aromatic rings. The Morgan fingerprint density at radius 3 is 2.11 bits per heavy atom. The summed E-state index contributed by atoms with van der Waals surface area (Å²) in [5.41, 5.74) is 1.72. The lowest BCUT2D eigenvalue weighted by Crippen LogP contribution is -2.53. The number of nitrogens with zero attached hydrogens (tertiary/aromatic N) is 2. The van der Waals surface area contributed by atoms with Crippen molar-refractivity contribution in [3.8, 4) is 11.5 Å². The van der Waals surface area contributed by atoms with Crippen molar-refractivity contribution in [3.05, 3.63) is 119 Å². The number of benzene rings is 4. The van der Waals surface area contributed by atoms with Gasteiger partial charge in [-0.2, -0.15) is 0 Å². The molecular formula is C35H38ClN3O6S. The number of hydrogen-bond acceptors (Lipinski definition) is 6. The van der Waals surface area contributed by atoms with Crippen LogP contribution >= 0.6 is 11.6 Å². The number of amides is 2. The van der Waals surface area contributed by atoms with E-state index < -0.39 is 28.5 Å². The van der Waals surface area contributed by atoms with Gasteiger partial charge in [0.2, 0.25) is 11.8 Å². The second kappa shape index (κ2) is 16.1. The first-order valence-electron chi connectivity index (χ1n) is 14.8. The van der Waals surface area contributed by atoms with Crippen LogP contribution in [0.3, 0.4) is 0 Å². The smallest absolute Gasteiger partial charge is 0.264 e. The van der Waals surface area contributed by atoms with Crippen molar-refractivity contribution in [1.82, 2.24) is 10.2 Å². The van der Waals surface area contributed by atoms with Gasteiger partial charge >= 0.3 is 0 Å². The van der Waals surface area contributed by atoms with Crippen molar-refractivity contribution < 1.29 is 27.5 Å². The number of rotatable bonds is 15. The fourth-order valence-electron chi connectivity index (χ4n) is 4.98. The number of anilines is 1. The highest BCUT2D eigenvalue weighted by Gasteiger charge is 2.35. The molecule has 4 rings (SSSR count). The summed E-state index contributed by atoms with van der Waals surface area (Å²) in [5, 5.41) is 3.40. The Morgan fingerprint density at radius 1 is 0.826 bits per heavy atom. The summed E-state index contributed by atoms with van der Waals surface area (Å²) in [6, 6.07) is 27.9. The van der Waals surface area contributed by atoms with Crippen molar-refractivity contribution in [2.75, 3.05) is 31.6 Å². The highest BCUT2D eigenvalue weighted by molar-refractivity contribution is 7.92. The molecule has 0 spiro atoms. The predicted octanol–water partition coefficient (Wildman–Crippen LogP) is 5.72. The number of sulfonamides is 1. The molecule has 0 aliphatic carbocycles. The number of methoxy groups -OCH3 is 2. The van der Waals surface area contributed by atoms with E-state index in [2.05, 4.69) is 5.32 Å². The van der Waals surface area contributed by atoms with Crippen LogP contribution in [0.5, 0.6) is 11.5 Å².